The lowest BCUT2D eigenvalue weighted by Crippen LogP contribution is -2.04. The van der Waals surface area contributed by atoms with Crippen LogP contribution < -0.4 is 0 Å². The second-order valence-electron chi connectivity index (χ2n) is 4.98. The van der Waals surface area contributed by atoms with E-state index in [1.165, 1.54) is 7.11 Å². The van der Waals surface area contributed by atoms with E-state index in [1.807, 2.05) is 24.3 Å². The van der Waals surface area contributed by atoms with Crippen LogP contribution in [0.2, 0.25) is 5.02 Å². The SMILES string of the molecule is COC(=O)c1cc(-c2ccc(C#N)cc2)n(-c2ccc(Cl)cc2)n1. The monoisotopic (exact) mass is 337 g/mol. The molecular weight excluding hydrogens is 326 g/mol. The average molecular weight is 338 g/mol. The Morgan fingerprint density at radius 2 is 1.83 bits per heavy atom. The average Bonchev–Trinajstić information content (AvgIpc) is 3.07. The summed E-state index contributed by atoms with van der Waals surface area (Å²) in [7, 11) is 1.31. The van der Waals surface area contributed by atoms with Gasteiger partial charge in [-0.25, -0.2) is 9.48 Å². The third-order valence-corrected chi connectivity index (χ3v) is 3.74. The summed E-state index contributed by atoms with van der Waals surface area (Å²) in [5.74, 6) is -0.516. The molecule has 24 heavy (non-hydrogen) atoms. The molecule has 1 heterocycles. The molecule has 0 saturated heterocycles. The second kappa shape index (κ2) is 6.57. The van der Waals surface area contributed by atoms with Crippen LogP contribution >= 0.6 is 11.6 Å². The largest absolute Gasteiger partial charge is 0.464 e. The highest BCUT2D eigenvalue weighted by molar-refractivity contribution is 6.30. The Bertz CT molecular complexity index is 922. The Hall–Kier alpha value is -3.10. The van der Waals surface area contributed by atoms with Crippen molar-refractivity contribution in [1.82, 2.24) is 9.78 Å². The highest BCUT2D eigenvalue weighted by Gasteiger charge is 2.17. The highest BCUT2D eigenvalue weighted by Crippen LogP contribution is 2.25. The van der Waals surface area contributed by atoms with E-state index in [2.05, 4.69) is 11.2 Å². The number of benzene rings is 2. The molecule has 0 N–H and O–H groups in total. The smallest absolute Gasteiger partial charge is 0.358 e. The van der Waals surface area contributed by atoms with Gasteiger partial charge in [0.05, 0.1) is 30.1 Å². The number of hydrogen-bond acceptors (Lipinski definition) is 4. The van der Waals surface area contributed by atoms with Gasteiger partial charge in [-0.1, -0.05) is 23.7 Å². The number of halogens is 1. The molecule has 0 atom stereocenters. The van der Waals surface area contributed by atoms with Crippen molar-refractivity contribution >= 4 is 17.6 Å². The first-order chi connectivity index (χ1) is 11.6. The summed E-state index contributed by atoms with van der Waals surface area (Å²) in [5, 5.41) is 13.9. The molecule has 0 amide bonds. The number of carbonyl (C=O) groups is 1. The fourth-order valence-electron chi connectivity index (χ4n) is 2.29. The standard InChI is InChI=1S/C18H12ClN3O2/c1-24-18(23)16-10-17(13-4-2-12(11-20)3-5-13)22(21-16)15-8-6-14(19)7-9-15/h2-10H,1H3. The van der Waals surface area contributed by atoms with E-state index in [9.17, 15) is 4.79 Å². The van der Waals surface area contributed by atoms with Gasteiger partial charge in [0.1, 0.15) is 0 Å². The number of ether oxygens (including phenoxy) is 1. The molecule has 0 radical (unpaired) electrons. The number of aromatic nitrogens is 2. The molecule has 0 fully saturated rings. The molecule has 0 bridgehead atoms. The van der Waals surface area contributed by atoms with Crippen molar-refractivity contribution in [3.05, 3.63) is 70.9 Å². The fraction of sp³-hybridized carbons (Fsp3) is 0.0556. The Balaban J connectivity index is 2.15. The summed E-state index contributed by atoms with van der Waals surface area (Å²) in [6.45, 7) is 0. The van der Waals surface area contributed by atoms with E-state index in [4.69, 9.17) is 21.6 Å². The molecule has 0 unspecified atom stereocenters. The van der Waals surface area contributed by atoms with Gasteiger partial charge >= 0.3 is 5.97 Å². The zero-order chi connectivity index (χ0) is 17.1. The van der Waals surface area contributed by atoms with Gasteiger partial charge in [0, 0.05) is 10.6 Å². The van der Waals surface area contributed by atoms with Crippen LogP contribution in [0.1, 0.15) is 16.1 Å². The summed E-state index contributed by atoms with van der Waals surface area (Å²) >= 11 is 5.93. The van der Waals surface area contributed by atoms with Gasteiger partial charge in [0.15, 0.2) is 5.69 Å². The predicted octanol–water partition coefficient (Wildman–Crippen LogP) is 3.85. The van der Waals surface area contributed by atoms with E-state index in [-0.39, 0.29) is 5.69 Å². The molecule has 0 aliphatic carbocycles. The topological polar surface area (TPSA) is 67.9 Å². The van der Waals surface area contributed by atoms with Crippen molar-refractivity contribution in [2.24, 2.45) is 0 Å². The normalized spacial score (nSPS) is 10.2. The van der Waals surface area contributed by atoms with Crippen molar-refractivity contribution in [2.75, 3.05) is 7.11 Å². The van der Waals surface area contributed by atoms with Crippen LogP contribution in [0.3, 0.4) is 0 Å². The number of nitrogens with zero attached hydrogens (tertiary/aromatic N) is 3. The van der Waals surface area contributed by atoms with Crippen molar-refractivity contribution in [1.29, 1.82) is 5.26 Å². The third kappa shape index (κ3) is 3.00. The van der Waals surface area contributed by atoms with Gasteiger partial charge < -0.3 is 4.74 Å². The summed E-state index contributed by atoms with van der Waals surface area (Å²) in [6.07, 6.45) is 0. The van der Waals surface area contributed by atoms with Gasteiger partial charge in [0.2, 0.25) is 0 Å². The Kier molecular flexibility index (Phi) is 4.32. The molecule has 1 aromatic heterocycles. The first kappa shape index (κ1) is 15.8. The molecule has 118 valence electrons. The molecule has 3 aromatic rings. The van der Waals surface area contributed by atoms with Crippen LogP contribution in [0, 0.1) is 11.3 Å². The lowest BCUT2D eigenvalue weighted by atomic mass is 10.1. The summed E-state index contributed by atoms with van der Waals surface area (Å²) in [6, 6.07) is 17.9. The number of methoxy groups -OCH3 is 1. The van der Waals surface area contributed by atoms with Gasteiger partial charge in [-0.15, -0.1) is 0 Å². The van der Waals surface area contributed by atoms with E-state index < -0.39 is 5.97 Å². The van der Waals surface area contributed by atoms with Crippen LogP contribution in [-0.2, 0) is 4.74 Å². The van der Waals surface area contributed by atoms with Crippen LogP contribution in [-0.4, -0.2) is 22.9 Å². The first-order valence-electron chi connectivity index (χ1n) is 7.07. The summed E-state index contributed by atoms with van der Waals surface area (Å²) < 4.78 is 6.40. The molecule has 3 rings (SSSR count). The van der Waals surface area contributed by atoms with Crippen molar-refractivity contribution < 1.29 is 9.53 Å². The Morgan fingerprint density at radius 3 is 2.42 bits per heavy atom. The lowest BCUT2D eigenvalue weighted by Gasteiger charge is -2.07. The van der Waals surface area contributed by atoms with Crippen LogP contribution in [0.15, 0.2) is 54.6 Å². The molecule has 2 aromatic carbocycles. The van der Waals surface area contributed by atoms with Crippen LogP contribution in [0.4, 0.5) is 0 Å². The highest BCUT2D eigenvalue weighted by atomic mass is 35.5. The lowest BCUT2D eigenvalue weighted by molar-refractivity contribution is 0.0593. The fourth-order valence-corrected chi connectivity index (χ4v) is 2.41. The maximum absolute atomic E-state index is 11.8. The second-order valence-corrected chi connectivity index (χ2v) is 5.42. The van der Waals surface area contributed by atoms with Gasteiger partial charge in [-0.05, 0) is 42.5 Å². The van der Waals surface area contributed by atoms with Gasteiger partial charge in [-0.3, -0.25) is 0 Å². The van der Waals surface area contributed by atoms with Crippen molar-refractivity contribution in [3.8, 4) is 23.0 Å². The van der Waals surface area contributed by atoms with Crippen LogP contribution in [0.25, 0.3) is 16.9 Å². The number of nitriles is 1. The zero-order valence-corrected chi connectivity index (χ0v) is 13.5. The van der Waals surface area contributed by atoms with Gasteiger partial charge in [0.25, 0.3) is 0 Å². The van der Waals surface area contributed by atoms with E-state index in [0.717, 1.165) is 11.3 Å². The van der Waals surface area contributed by atoms with Crippen LogP contribution in [0.5, 0.6) is 0 Å². The quantitative estimate of drug-likeness (QED) is 0.681. The maximum atomic E-state index is 11.8. The van der Waals surface area contributed by atoms with E-state index >= 15 is 0 Å². The van der Waals surface area contributed by atoms with E-state index in [0.29, 0.717) is 16.3 Å². The number of esters is 1. The Labute approximate surface area is 143 Å². The Morgan fingerprint density at radius 1 is 1.17 bits per heavy atom. The molecule has 0 spiro atoms. The zero-order valence-electron chi connectivity index (χ0n) is 12.7. The molecule has 5 nitrogen and oxygen atoms in total. The van der Waals surface area contributed by atoms with Gasteiger partial charge in [-0.2, -0.15) is 10.4 Å². The first-order valence-corrected chi connectivity index (χ1v) is 7.45. The number of carbonyl (C=O) groups excluding carboxylic acids is 1. The minimum absolute atomic E-state index is 0.201. The van der Waals surface area contributed by atoms with Crippen molar-refractivity contribution in [3.63, 3.8) is 0 Å². The molecular formula is C18H12ClN3O2. The van der Waals surface area contributed by atoms with E-state index in [1.54, 1.807) is 35.0 Å². The minimum Gasteiger partial charge on any atom is -0.464 e. The predicted molar refractivity (Wildman–Crippen MR) is 90.1 cm³/mol. The molecule has 0 aliphatic rings. The molecule has 0 aliphatic heterocycles. The third-order valence-electron chi connectivity index (χ3n) is 3.48. The number of rotatable bonds is 3. The minimum atomic E-state index is -0.516. The maximum Gasteiger partial charge on any atom is 0.358 e. The summed E-state index contributed by atoms with van der Waals surface area (Å²) in [5.41, 5.74) is 3.05. The number of hydrogen-bond donors (Lipinski definition) is 0. The molecule has 6 heteroatoms. The molecule has 0 saturated carbocycles. The summed E-state index contributed by atoms with van der Waals surface area (Å²) in [4.78, 5) is 11.8. The van der Waals surface area contributed by atoms with Crippen molar-refractivity contribution in [2.45, 2.75) is 0 Å².